The van der Waals surface area contributed by atoms with Crippen LogP contribution in [0.4, 0.5) is 0 Å². The Morgan fingerprint density at radius 1 is 1.40 bits per heavy atom. The molecule has 1 aromatic carbocycles. The average Bonchev–Trinajstić information content (AvgIpc) is 2.80. The zero-order valence-corrected chi connectivity index (χ0v) is 12.7. The molecule has 0 aliphatic heterocycles. The van der Waals surface area contributed by atoms with Gasteiger partial charge in [-0.3, -0.25) is 4.79 Å². The van der Waals surface area contributed by atoms with Crippen molar-refractivity contribution in [2.45, 2.75) is 32.7 Å². The number of para-hydroxylation sites is 2. The van der Waals surface area contributed by atoms with Crippen molar-refractivity contribution in [1.82, 2.24) is 14.9 Å². The minimum absolute atomic E-state index is 0.0667. The van der Waals surface area contributed by atoms with E-state index in [4.69, 9.17) is 11.6 Å². The van der Waals surface area contributed by atoms with Gasteiger partial charge >= 0.3 is 0 Å². The van der Waals surface area contributed by atoms with E-state index in [0.717, 1.165) is 16.9 Å². The van der Waals surface area contributed by atoms with Crippen LogP contribution < -0.4 is 5.32 Å². The lowest BCUT2D eigenvalue weighted by atomic mass is 10.2. The van der Waals surface area contributed by atoms with Crippen molar-refractivity contribution in [2.75, 3.05) is 6.54 Å². The summed E-state index contributed by atoms with van der Waals surface area (Å²) in [7, 11) is 0. The standard InChI is InChI=1S/C15H20ClN3O/c1-11(2)10-17-15(20)7-8-19-13-6-4-3-5-12(13)18-14(19)9-16/h3-6,11H,7-10H2,1-2H3,(H,17,20). The largest absolute Gasteiger partial charge is 0.356 e. The van der Waals surface area contributed by atoms with E-state index in [2.05, 4.69) is 24.1 Å². The Morgan fingerprint density at radius 2 is 2.15 bits per heavy atom. The number of halogens is 1. The Hall–Kier alpha value is -1.55. The minimum Gasteiger partial charge on any atom is -0.356 e. The van der Waals surface area contributed by atoms with Crippen LogP contribution in [0.25, 0.3) is 11.0 Å². The van der Waals surface area contributed by atoms with Gasteiger partial charge in [0.15, 0.2) is 0 Å². The van der Waals surface area contributed by atoms with E-state index in [-0.39, 0.29) is 5.91 Å². The van der Waals surface area contributed by atoms with Crippen LogP contribution in [0.5, 0.6) is 0 Å². The second-order valence-corrected chi connectivity index (χ2v) is 5.52. The molecule has 0 radical (unpaired) electrons. The van der Waals surface area contributed by atoms with Gasteiger partial charge in [-0.05, 0) is 18.1 Å². The summed E-state index contributed by atoms with van der Waals surface area (Å²) in [5.74, 6) is 1.69. The molecule has 0 bridgehead atoms. The highest BCUT2D eigenvalue weighted by atomic mass is 35.5. The van der Waals surface area contributed by atoms with E-state index in [9.17, 15) is 4.79 Å². The first-order valence-electron chi connectivity index (χ1n) is 6.88. The van der Waals surface area contributed by atoms with Crippen molar-refractivity contribution in [3.05, 3.63) is 30.1 Å². The Bertz CT molecular complexity index is 592. The Morgan fingerprint density at radius 3 is 2.85 bits per heavy atom. The van der Waals surface area contributed by atoms with Gasteiger partial charge in [0.05, 0.1) is 16.9 Å². The number of rotatable bonds is 6. The molecule has 0 fully saturated rings. The molecule has 20 heavy (non-hydrogen) atoms. The maximum Gasteiger partial charge on any atom is 0.221 e. The zero-order valence-electron chi connectivity index (χ0n) is 11.9. The fourth-order valence-corrected chi connectivity index (χ4v) is 2.30. The quantitative estimate of drug-likeness (QED) is 0.833. The number of carbonyl (C=O) groups is 1. The number of alkyl halides is 1. The summed E-state index contributed by atoms with van der Waals surface area (Å²) in [6.07, 6.45) is 0.441. The third kappa shape index (κ3) is 3.51. The zero-order chi connectivity index (χ0) is 14.5. The SMILES string of the molecule is CC(C)CNC(=O)CCn1c(CCl)nc2ccccc21. The van der Waals surface area contributed by atoms with Crippen molar-refractivity contribution in [3.8, 4) is 0 Å². The van der Waals surface area contributed by atoms with Crippen LogP contribution in [0.2, 0.25) is 0 Å². The summed E-state index contributed by atoms with van der Waals surface area (Å²) in [5, 5.41) is 2.92. The number of aromatic nitrogens is 2. The molecule has 0 unspecified atom stereocenters. The van der Waals surface area contributed by atoms with Gasteiger partial charge in [0.2, 0.25) is 5.91 Å². The first-order chi connectivity index (χ1) is 9.61. The van der Waals surface area contributed by atoms with E-state index < -0.39 is 0 Å². The number of nitrogens with zero attached hydrogens (tertiary/aromatic N) is 2. The van der Waals surface area contributed by atoms with Gasteiger partial charge in [-0.1, -0.05) is 26.0 Å². The highest BCUT2D eigenvalue weighted by Crippen LogP contribution is 2.17. The lowest BCUT2D eigenvalue weighted by Crippen LogP contribution is -2.28. The first-order valence-corrected chi connectivity index (χ1v) is 7.42. The predicted octanol–water partition coefficient (Wildman–Crippen LogP) is 2.94. The monoisotopic (exact) mass is 293 g/mol. The summed E-state index contributed by atoms with van der Waals surface area (Å²) in [6.45, 7) is 5.48. The smallest absolute Gasteiger partial charge is 0.221 e. The van der Waals surface area contributed by atoms with Crippen LogP contribution in [0.1, 0.15) is 26.1 Å². The molecule has 1 heterocycles. The third-order valence-corrected chi connectivity index (χ3v) is 3.36. The minimum atomic E-state index is 0.0667. The van der Waals surface area contributed by atoms with E-state index in [1.54, 1.807) is 0 Å². The normalized spacial score (nSPS) is 11.2. The molecular formula is C15H20ClN3O. The van der Waals surface area contributed by atoms with Gasteiger partial charge in [0.25, 0.3) is 0 Å². The Labute approximate surface area is 124 Å². The predicted molar refractivity (Wildman–Crippen MR) is 81.8 cm³/mol. The van der Waals surface area contributed by atoms with Crippen molar-refractivity contribution >= 4 is 28.5 Å². The Balaban J connectivity index is 2.07. The van der Waals surface area contributed by atoms with Gasteiger partial charge in [-0.2, -0.15) is 0 Å². The number of aryl methyl sites for hydroxylation is 1. The molecule has 4 nitrogen and oxygen atoms in total. The van der Waals surface area contributed by atoms with Gasteiger partial charge in [0.1, 0.15) is 5.82 Å². The molecule has 5 heteroatoms. The number of fused-ring (bicyclic) bond motifs is 1. The Kier molecular flexibility index (Phi) is 5.01. The summed E-state index contributed by atoms with van der Waals surface area (Å²) in [4.78, 5) is 16.3. The third-order valence-electron chi connectivity index (χ3n) is 3.12. The molecule has 0 aliphatic carbocycles. The fourth-order valence-electron chi connectivity index (χ4n) is 2.10. The molecule has 0 aliphatic rings. The number of carbonyl (C=O) groups excluding carboxylic acids is 1. The topological polar surface area (TPSA) is 46.9 Å². The summed E-state index contributed by atoms with van der Waals surface area (Å²) >= 11 is 5.94. The van der Waals surface area contributed by atoms with E-state index in [0.29, 0.717) is 31.3 Å². The number of hydrogen-bond donors (Lipinski definition) is 1. The number of imidazole rings is 1. The number of nitrogens with one attached hydrogen (secondary N) is 1. The molecule has 0 saturated heterocycles. The number of amides is 1. The molecule has 2 aromatic rings. The number of benzene rings is 1. The van der Waals surface area contributed by atoms with Gasteiger partial charge in [-0.25, -0.2) is 4.98 Å². The van der Waals surface area contributed by atoms with Crippen molar-refractivity contribution < 1.29 is 4.79 Å². The first kappa shape index (κ1) is 14.9. The molecule has 0 atom stereocenters. The molecule has 0 saturated carbocycles. The molecule has 1 aromatic heterocycles. The lowest BCUT2D eigenvalue weighted by Gasteiger charge is -2.10. The van der Waals surface area contributed by atoms with Gasteiger partial charge in [-0.15, -0.1) is 11.6 Å². The van der Waals surface area contributed by atoms with E-state index in [1.807, 2.05) is 28.8 Å². The molecule has 0 spiro atoms. The van der Waals surface area contributed by atoms with Crippen LogP contribution in [0.3, 0.4) is 0 Å². The molecular weight excluding hydrogens is 274 g/mol. The average molecular weight is 294 g/mol. The highest BCUT2D eigenvalue weighted by Gasteiger charge is 2.11. The van der Waals surface area contributed by atoms with Gasteiger partial charge < -0.3 is 9.88 Å². The van der Waals surface area contributed by atoms with Crippen LogP contribution in [-0.2, 0) is 17.2 Å². The summed E-state index contributed by atoms with van der Waals surface area (Å²) in [6, 6.07) is 7.88. The number of hydrogen-bond acceptors (Lipinski definition) is 2. The summed E-state index contributed by atoms with van der Waals surface area (Å²) in [5.41, 5.74) is 1.95. The van der Waals surface area contributed by atoms with Crippen molar-refractivity contribution in [3.63, 3.8) is 0 Å². The van der Waals surface area contributed by atoms with Crippen LogP contribution in [0.15, 0.2) is 24.3 Å². The fraction of sp³-hybridized carbons (Fsp3) is 0.467. The van der Waals surface area contributed by atoms with E-state index in [1.165, 1.54) is 0 Å². The maximum absolute atomic E-state index is 11.8. The highest BCUT2D eigenvalue weighted by molar-refractivity contribution is 6.16. The molecule has 108 valence electrons. The molecule has 1 N–H and O–H groups in total. The second kappa shape index (κ2) is 6.75. The molecule has 2 rings (SSSR count). The van der Waals surface area contributed by atoms with Crippen LogP contribution in [0, 0.1) is 5.92 Å². The summed E-state index contributed by atoms with van der Waals surface area (Å²) < 4.78 is 2.03. The molecule has 1 amide bonds. The maximum atomic E-state index is 11.8. The van der Waals surface area contributed by atoms with Crippen LogP contribution in [-0.4, -0.2) is 22.0 Å². The van der Waals surface area contributed by atoms with Crippen molar-refractivity contribution in [2.24, 2.45) is 5.92 Å². The lowest BCUT2D eigenvalue weighted by molar-refractivity contribution is -0.121. The second-order valence-electron chi connectivity index (χ2n) is 5.25. The van der Waals surface area contributed by atoms with Crippen LogP contribution >= 0.6 is 11.6 Å². The van der Waals surface area contributed by atoms with Crippen molar-refractivity contribution in [1.29, 1.82) is 0 Å². The van der Waals surface area contributed by atoms with E-state index >= 15 is 0 Å². The van der Waals surface area contributed by atoms with Gasteiger partial charge in [0, 0.05) is 19.5 Å².